The summed E-state index contributed by atoms with van der Waals surface area (Å²) >= 11 is 0. The normalized spacial score (nSPS) is 15.0. The molecule has 1 fully saturated rings. The molecule has 0 unspecified atom stereocenters. The molecule has 4 heteroatoms. The molecule has 0 bridgehead atoms. The van der Waals surface area contributed by atoms with Gasteiger partial charge in [0.15, 0.2) is 0 Å². The third-order valence-electron chi connectivity index (χ3n) is 2.80. The smallest absolute Gasteiger partial charge is 0.250 e. The van der Waals surface area contributed by atoms with E-state index in [2.05, 4.69) is 4.90 Å². The van der Waals surface area contributed by atoms with Gasteiger partial charge in [0.05, 0.1) is 5.56 Å². The molecule has 1 aliphatic rings. The molecule has 15 heavy (non-hydrogen) atoms. The van der Waals surface area contributed by atoms with E-state index in [-0.39, 0.29) is 0 Å². The monoisotopic (exact) mass is 205 g/mol. The minimum atomic E-state index is -0.474. The Kier molecular flexibility index (Phi) is 2.26. The molecule has 0 aliphatic heterocycles. The van der Waals surface area contributed by atoms with E-state index >= 15 is 0 Å². The summed E-state index contributed by atoms with van der Waals surface area (Å²) in [5, 5.41) is 0. The lowest BCUT2D eigenvalue weighted by Crippen LogP contribution is -2.21. The predicted molar refractivity (Wildman–Crippen MR) is 60.8 cm³/mol. The van der Waals surface area contributed by atoms with Crippen molar-refractivity contribution in [1.82, 2.24) is 0 Å². The van der Waals surface area contributed by atoms with Crippen molar-refractivity contribution in [3.63, 3.8) is 0 Å². The second-order valence-electron chi connectivity index (χ2n) is 3.98. The number of nitrogens with zero attached hydrogens (tertiary/aromatic N) is 1. The van der Waals surface area contributed by atoms with E-state index in [0.29, 0.717) is 17.3 Å². The third-order valence-corrected chi connectivity index (χ3v) is 2.80. The highest BCUT2D eigenvalue weighted by Gasteiger charge is 2.26. The van der Waals surface area contributed by atoms with Crippen LogP contribution in [-0.4, -0.2) is 19.0 Å². The SMILES string of the molecule is CN(c1ccc(N)c(C(N)=O)c1)C1CC1. The van der Waals surface area contributed by atoms with Gasteiger partial charge in [0.2, 0.25) is 0 Å². The summed E-state index contributed by atoms with van der Waals surface area (Å²) in [6.07, 6.45) is 2.43. The van der Waals surface area contributed by atoms with Gasteiger partial charge in [-0.25, -0.2) is 0 Å². The van der Waals surface area contributed by atoms with Gasteiger partial charge in [-0.15, -0.1) is 0 Å². The predicted octanol–water partition coefficient (Wildman–Crippen LogP) is 0.966. The van der Waals surface area contributed by atoms with Crippen LogP contribution in [0.15, 0.2) is 18.2 Å². The lowest BCUT2D eigenvalue weighted by molar-refractivity contribution is 0.100. The van der Waals surface area contributed by atoms with Crippen molar-refractivity contribution in [3.8, 4) is 0 Å². The van der Waals surface area contributed by atoms with E-state index in [9.17, 15) is 4.79 Å². The standard InChI is InChI=1S/C11H15N3O/c1-14(7-2-3-7)8-4-5-10(12)9(6-8)11(13)15/h4-7H,2-3,12H2,1H3,(H2,13,15). The van der Waals surface area contributed by atoms with Gasteiger partial charge >= 0.3 is 0 Å². The van der Waals surface area contributed by atoms with Gasteiger partial charge in [0.25, 0.3) is 5.91 Å². The zero-order valence-electron chi connectivity index (χ0n) is 8.73. The van der Waals surface area contributed by atoms with E-state index in [0.717, 1.165) is 5.69 Å². The van der Waals surface area contributed by atoms with Gasteiger partial charge in [-0.3, -0.25) is 4.79 Å². The quantitative estimate of drug-likeness (QED) is 0.722. The Morgan fingerprint density at radius 3 is 2.67 bits per heavy atom. The van der Waals surface area contributed by atoms with Crippen molar-refractivity contribution in [1.29, 1.82) is 0 Å². The highest BCUT2D eigenvalue weighted by Crippen LogP contribution is 2.31. The van der Waals surface area contributed by atoms with Gasteiger partial charge in [-0.1, -0.05) is 0 Å². The molecule has 0 radical (unpaired) electrons. The van der Waals surface area contributed by atoms with Crippen LogP contribution < -0.4 is 16.4 Å². The first-order chi connectivity index (χ1) is 7.09. The number of hydrogen-bond acceptors (Lipinski definition) is 3. The van der Waals surface area contributed by atoms with E-state index in [4.69, 9.17) is 11.5 Å². The van der Waals surface area contributed by atoms with Gasteiger partial charge in [0, 0.05) is 24.5 Å². The van der Waals surface area contributed by atoms with Crippen LogP contribution in [-0.2, 0) is 0 Å². The summed E-state index contributed by atoms with van der Waals surface area (Å²) in [6, 6.07) is 6.01. The number of nitrogens with two attached hydrogens (primary N) is 2. The molecule has 1 aliphatic carbocycles. The second-order valence-corrected chi connectivity index (χ2v) is 3.98. The van der Waals surface area contributed by atoms with Gasteiger partial charge in [0.1, 0.15) is 0 Å². The Morgan fingerprint density at radius 2 is 2.13 bits per heavy atom. The van der Waals surface area contributed by atoms with Gasteiger partial charge < -0.3 is 16.4 Å². The van der Waals surface area contributed by atoms with Crippen LogP contribution in [0.25, 0.3) is 0 Å². The number of amides is 1. The lowest BCUT2D eigenvalue weighted by atomic mass is 10.1. The molecule has 4 N–H and O–H groups in total. The minimum Gasteiger partial charge on any atom is -0.398 e. The summed E-state index contributed by atoms with van der Waals surface area (Å²) in [4.78, 5) is 13.3. The first-order valence-corrected chi connectivity index (χ1v) is 5.02. The van der Waals surface area contributed by atoms with Crippen molar-refractivity contribution in [2.45, 2.75) is 18.9 Å². The number of primary amides is 1. The summed E-state index contributed by atoms with van der Waals surface area (Å²) in [6.45, 7) is 0. The number of carbonyl (C=O) groups is 1. The molecule has 1 aromatic carbocycles. The van der Waals surface area contributed by atoms with Crippen molar-refractivity contribution in [3.05, 3.63) is 23.8 Å². The zero-order valence-corrected chi connectivity index (χ0v) is 8.73. The molecule has 2 rings (SSSR count). The van der Waals surface area contributed by atoms with Gasteiger partial charge in [-0.2, -0.15) is 0 Å². The highest BCUT2D eigenvalue weighted by molar-refractivity contribution is 5.99. The number of hydrogen-bond donors (Lipinski definition) is 2. The maximum absolute atomic E-state index is 11.1. The van der Waals surface area contributed by atoms with E-state index in [1.54, 1.807) is 12.1 Å². The van der Waals surface area contributed by atoms with Crippen LogP contribution in [0.4, 0.5) is 11.4 Å². The molecule has 0 atom stereocenters. The number of nitrogen functional groups attached to an aromatic ring is 1. The molecule has 0 saturated heterocycles. The third kappa shape index (κ3) is 1.88. The van der Waals surface area contributed by atoms with Crippen molar-refractivity contribution >= 4 is 17.3 Å². The van der Waals surface area contributed by atoms with Crippen molar-refractivity contribution in [2.24, 2.45) is 5.73 Å². The molecular weight excluding hydrogens is 190 g/mol. The van der Waals surface area contributed by atoms with E-state index in [1.165, 1.54) is 12.8 Å². The number of benzene rings is 1. The first-order valence-electron chi connectivity index (χ1n) is 5.02. The van der Waals surface area contributed by atoms with Crippen LogP contribution in [0.3, 0.4) is 0 Å². The average Bonchev–Trinajstić information content (AvgIpc) is 3.00. The largest absolute Gasteiger partial charge is 0.398 e. The van der Waals surface area contributed by atoms with E-state index < -0.39 is 5.91 Å². The summed E-state index contributed by atoms with van der Waals surface area (Å²) in [7, 11) is 2.02. The van der Waals surface area contributed by atoms with Crippen LogP contribution in [0.1, 0.15) is 23.2 Å². The molecule has 0 spiro atoms. The van der Waals surface area contributed by atoms with Crippen molar-refractivity contribution in [2.75, 3.05) is 17.7 Å². The molecule has 4 nitrogen and oxygen atoms in total. The van der Waals surface area contributed by atoms with E-state index in [1.807, 2.05) is 13.1 Å². The maximum Gasteiger partial charge on any atom is 0.250 e. The fourth-order valence-electron chi connectivity index (χ4n) is 1.65. The highest BCUT2D eigenvalue weighted by atomic mass is 16.1. The summed E-state index contributed by atoms with van der Waals surface area (Å²) in [5.74, 6) is -0.474. The van der Waals surface area contributed by atoms with Crippen LogP contribution in [0.2, 0.25) is 0 Å². The van der Waals surface area contributed by atoms with Crippen LogP contribution in [0, 0.1) is 0 Å². The number of anilines is 2. The molecule has 0 aromatic heterocycles. The Labute approximate surface area is 88.9 Å². The number of carbonyl (C=O) groups excluding carboxylic acids is 1. The molecule has 1 saturated carbocycles. The van der Waals surface area contributed by atoms with Gasteiger partial charge in [-0.05, 0) is 31.0 Å². The average molecular weight is 205 g/mol. The number of rotatable bonds is 3. The summed E-state index contributed by atoms with van der Waals surface area (Å²) in [5.41, 5.74) is 12.7. The maximum atomic E-state index is 11.1. The van der Waals surface area contributed by atoms with Crippen molar-refractivity contribution < 1.29 is 4.79 Å². The fourth-order valence-corrected chi connectivity index (χ4v) is 1.65. The Hall–Kier alpha value is -1.71. The Bertz CT molecular complexity index is 399. The molecule has 1 aromatic rings. The summed E-state index contributed by atoms with van der Waals surface area (Å²) < 4.78 is 0. The lowest BCUT2D eigenvalue weighted by Gasteiger charge is -2.19. The first kappa shape index (κ1) is 9.83. The molecular formula is C11H15N3O. The topological polar surface area (TPSA) is 72.3 Å². The molecule has 0 heterocycles. The molecule has 1 amide bonds. The van der Waals surface area contributed by atoms with Crippen LogP contribution in [0.5, 0.6) is 0 Å². The Morgan fingerprint density at radius 1 is 1.47 bits per heavy atom. The second kappa shape index (κ2) is 3.46. The van der Waals surface area contributed by atoms with Crippen LogP contribution >= 0.6 is 0 Å². The fraction of sp³-hybridized carbons (Fsp3) is 0.364. The molecule has 80 valence electrons. The Balaban J connectivity index is 2.32. The minimum absolute atomic E-state index is 0.403. The zero-order chi connectivity index (χ0) is 11.0.